The maximum Gasteiger partial charge on any atom is 0.320 e. The molecule has 0 saturated heterocycles. The Balaban J connectivity index is 1.55. The van der Waals surface area contributed by atoms with Crippen molar-refractivity contribution in [1.82, 2.24) is 9.55 Å². The Labute approximate surface area is 155 Å². The van der Waals surface area contributed by atoms with Crippen molar-refractivity contribution in [3.63, 3.8) is 0 Å². The summed E-state index contributed by atoms with van der Waals surface area (Å²) in [5.41, 5.74) is 2.13. The number of nitrogens with zero attached hydrogens (tertiary/aromatic N) is 2. The third-order valence-corrected chi connectivity index (χ3v) is 4.78. The second kappa shape index (κ2) is 7.31. The van der Waals surface area contributed by atoms with E-state index in [1.54, 1.807) is 48.5 Å². The Morgan fingerprint density at radius 2 is 1.96 bits per heavy atom. The smallest absolute Gasteiger partial charge is 0.320 e. The second-order valence-corrected chi connectivity index (χ2v) is 6.67. The maximum absolute atomic E-state index is 13.6. The summed E-state index contributed by atoms with van der Waals surface area (Å²) in [6, 6.07) is 13.7. The number of anilines is 1. The number of imidazole rings is 1. The van der Waals surface area contributed by atoms with E-state index >= 15 is 0 Å². The molecule has 1 aliphatic rings. The lowest BCUT2D eigenvalue weighted by Gasteiger charge is -2.10. The van der Waals surface area contributed by atoms with Crippen LogP contribution in [0.1, 0.15) is 25.8 Å². The zero-order valence-electron chi connectivity index (χ0n) is 14.6. The minimum atomic E-state index is -2.69. The normalized spacial score (nSPS) is 16.3. The van der Waals surface area contributed by atoms with Gasteiger partial charge in [0.1, 0.15) is 5.82 Å². The number of allylic oxidation sites excluding steroid dienone is 2. The number of hydrogen-bond donors (Lipinski definition) is 1. The lowest BCUT2D eigenvalue weighted by Crippen LogP contribution is -2.14. The van der Waals surface area contributed by atoms with Gasteiger partial charge in [0, 0.05) is 17.7 Å². The molecular formula is C21H19F2N3O. The Hall–Kier alpha value is -3.02. The molecule has 1 N–H and O–H groups in total. The number of carbonyl (C=O) groups excluding carboxylic acids is 1. The SMILES string of the molecule is O=C(CC1C=CCC1)Nc1ccc(-c2nc3ccccc3n2C(F)F)cc1. The number of halogens is 2. The van der Waals surface area contributed by atoms with Gasteiger partial charge in [-0.2, -0.15) is 8.78 Å². The van der Waals surface area contributed by atoms with Crippen molar-refractivity contribution in [2.45, 2.75) is 25.8 Å². The van der Waals surface area contributed by atoms with Gasteiger partial charge in [-0.25, -0.2) is 4.98 Å². The highest BCUT2D eigenvalue weighted by atomic mass is 19.3. The zero-order valence-corrected chi connectivity index (χ0v) is 14.6. The fraction of sp³-hybridized carbons (Fsp3) is 0.238. The molecule has 1 amide bonds. The summed E-state index contributed by atoms with van der Waals surface area (Å²) in [5.74, 6) is 0.467. The highest BCUT2D eigenvalue weighted by Gasteiger charge is 2.19. The summed E-state index contributed by atoms with van der Waals surface area (Å²) in [6.45, 7) is -2.69. The summed E-state index contributed by atoms with van der Waals surface area (Å²) in [6.07, 6.45) is 6.67. The Kier molecular flexibility index (Phi) is 4.71. The first-order valence-electron chi connectivity index (χ1n) is 8.94. The van der Waals surface area contributed by atoms with E-state index in [-0.39, 0.29) is 11.7 Å². The van der Waals surface area contributed by atoms with Gasteiger partial charge in [-0.3, -0.25) is 9.36 Å². The average molecular weight is 367 g/mol. The molecule has 138 valence electrons. The van der Waals surface area contributed by atoms with Gasteiger partial charge in [-0.05, 0) is 55.2 Å². The molecule has 1 aromatic heterocycles. The highest BCUT2D eigenvalue weighted by Crippen LogP contribution is 2.30. The van der Waals surface area contributed by atoms with Crippen LogP contribution >= 0.6 is 0 Å². The summed E-state index contributed by atoms with van der Waals surface area (Å²) >= 11 is 0. The first kappa shape index (κ1) is 17.4. The zero-order chi connectivity index (χ0) is 18.8. The topological polar surface area (TPSA) is 46.9 Å². The van der Waals surface area contributed by atoms with Crippen LogP contribution in [-0.4, -0.2) is 15.5 Å². The number of benzene rings is 2. The molecule has 1 heterocycles. The number of carbonyl (C=O) groups is 1. The van der Waals surface area contributed by atoms with Crippen molar-refractivity contribution in [2.24, 2.45) is 5.92 Å². The number of hydrogen-bond acceptors (Lipinski definition) is 2. The predicted molar refractivity (Wildman–Crippen MR) is 102 cm³/mol. The highest BCUT2D eigenvalue weighted by molar-refractivity contribution is 5.91. The van der Waals surface area contributed by atoms with Crippen molar-refractivity contribution in [1.29, 1.82) is 0 Å². The van der Waals surface area contributed by atoms with Gasteiger partial charge < -0.3 is 5.32 Å². The van der Waals surface area contributed by atoms with Crippen molar-refractivity contribution >= 4 is 22.6 Å². The molecule has 0 bridgehead atoms. The molecule has 0 spiro atoms. The number of nitrogens with one attached hydrogen (secondary N) is 1. The van der Waals surface area contributed by atoms with E-state index in [2.05, 4.69) is 22.5 Å². The summed E-state index contributed by atoms with van der Waals surface area (Å²) in [7, 11) is 0. The first-order chi connectivity index (χ1) is 13.1. The van der Waals surface area contributed by atoms with Crippen LogP contribution in [0.5, 0.6) is 0 Å². The fourth-order valence-electron chi connectivity index (χ4n) is 3.46. The van der Waals surface area contributed by atoms with E-state index in [0.717, 1.165) is 17.4 Å². The number of para-hydroxylation sites is 2. The van der Waals surface area contributed by atoms with Crippen molar-refractivity contribution in [3.05, 3.63) is 60.7 Å². The van der Waals surface area contributed by atoms with E-state index in [1.807, 2.05) is 0 Å². The first-order valence-corrected chi connectivity index (χ1v) is 8.94. The van der Waals surface area contributed by atoms with Gasteiger partial charge in [-0.1, -0.05) is 24.3 Å². The van der Waals surface area contributed by atoms with Crippen LogP contribution in [0.3, 0.4) is 0 Å². The molecule has 0 saturated carbocycles. The predicted octanol–water partition coefficient (Wildman–Crippen LogP) is 5.39. The molecule has 1 unspecified atom stereocenters. The van der Waals surface area contributed by atoms with E-state index in [4.69, 9.17) is 0 Å². The van der Waals surface area contributed by atoms with Crippen molar-refractivity contribution < 1.29 is 13.6 Å². The molecule has 1 atom stereocenters. The van der Waals surface area contributed by atoms with Gasteiger partial charge in [0.25, 0.3) is 0 Å². The van der Waals surface area contributed by atoms with Crippen molar-refractivity contribution in [3.8, 4) is 11.4 Å². The second-order valence-electron chi connectivity index (χ2n) is 6.67. The Morgan fingerprint density at radius 3 is 2.67 bits per heavy atom. The van der Waals surface area contributed by atoms with Crippen LogP contribution < -0.4 is 5.32 Å². The monoisotopic (exact) mass is 367 g/mol. The molecule has 2 aromatic carbocycles. The van der Waals surface area contributed by atoms with Crippen LogP contribution in [0.4, 0.5) is 14.5 Å². The molecule has 3 aromatic rings. The van der Waals surface area contributed by atoms with Gasteiger partial charge >= 0.3 is 6.55 Å². The number of rotatable bonds is 5. The standard InChI is InChI=1S/C21H19F2N3O/c22-21(23)26-18-8-4-3-7-17(18)25-20(26)15-9-11-16(12-10-15)24-19(27)13-14-5-1-2-6-14/h1,3-5,7-12,14,21H,2,6,13H2,(H,24,27). The molecule has 6 heteroatoms. The van der Waals surface area contributed by atoms with Gasteiger partial charge in [0.05, 0.1) is 11.0 Å². The van der Waals surface area contributed by atoms with E-state index in [1.165, 1.54) is 0 Å². The maximum atomic E-state index is 13.6. The van der Waals surface area contributed by atoms with Gasteiger partial charge in [0.15, 0.2) is 0 Å². The van der Waals surface area contributed by atoms with E-state index < -0.39 is 6.55 Å². The number of alkyl halides is 2. The summed E-state index contributed by atoms with van der Waals surface area (Å²) < 4.78 is 28.1. The largest absolute Gasteiger partial charge is 0.326 e. The number of fused-ring (bicyclic) bond motifs is 1. The third-order valence-electron chi connectivity index (χ3n) is 4.78. The lowest BCUT2D eigenvalue weighted by atomic mass is 10.0. The third kappa shape index (κ3) is 3.60. The van der Waals surface area contributed by atoms with Crippen LogP contribution in [0.25, 0.3) is 22.4 Å². The number of amides is 1. The van der Waals surface area contributed by atoms with Gasteiger partial charge in [0.2, 0.25) is 5.91 Å². The van der Waals surface area contributed by atoms with Crippen LogP contribution in [0.2, 0.25) is 0 Å². The fourth-order valence-corrected chi connectivity index (χ4v) is 3.46. The molecule has 0 radical (unpaired) electrons. The molecule has 0 aliphatic heterocycles. The molecule has 0 fully saturated rings. The molecule has 4 nitrogen and oxygen atoms in total. The van der Waals surface area contributed by atoms with Crippen molar-refractivity contribution in [2.75, 3.05) is 5.32 Å². The molecule has 27 heavy (non-hydrogen) atoms. The van der Waals surface area contributed by atoms with Crippen LogP contribution in [-0.2, 0) is 4.79 Å². The van der Waals surface area contributed by atoms with Crippen LogP contribution in [0, 0.1) is 5.92 Å². The minimum Gasteiger partial charge on any atom is -0.326 e. The lowest BCUT2D eigenvalue weighted by molar-refractivity contribution is -0.116. The Morgan fingerprint density at radius 1 is 1.19 bits per heavy atom. The minimum absolute atomic E-state index is 0.0425. The van der Waals surface area contributed by atoms with Gasteiger partial charge in [-0.15, -0.1) is 0 Å². The molecule has 4 rings (SSSR count). The van der Waals surface area contributed by atoms with E-state index in [9.17, 15) is 13.6 Å². The summed E-state index contributed by atoms with van der Waals surface area (Å²) in [4.78, 5) is 16.5. The molecule has 1 aliphatic carbocycles. The van der Waals surface area contributed by atoms with E-state index in [0.29, 0.717) is 34.6 Å². The average Bonchev–Trinajstić information content (AvgIpc) is 3.29. The van der Waals surface area contributed by atoms with Crippen LogP contribution in [0.15, 0.2) is 60.7 Å². The summed E-state index contributed by atoms with van der Waals surface area (Å²) in [5, 5.41) is 2.86. The quantitative estimate of drug-likeness (QED) is 0.614. The Bertz CT molecular complexity index is 992. The molecular weight excluding hydrogens is 348 g/mol. The number of aromatic nitrogens is 2.